The van der Waals surface area contributed by atoms with Crippen molar-refractivity contribution in [2.75, 3.05) is 0 Å². The largest absolute Gasteiger partial charge is 0.416 e. The van der Waals surface area contributed by atoms with E-state index in [1.54, 1.807) is 12.1 Å². The zero-order chi connectivity index (χ0) is 14.8. The number of alkyl halides is 3. The van der Waals surface area contributed by atoms with E-state index in [9.17, 15) is 18.0 Å². The Hall–Kier alpha value is -2.04. The van der Waals surface area contributed by atoms with Crippen LogP contribution in [0.4, 0.5) is 13.2 Å². The van der Waals surface area contributed by atoms with Gasteiger partial charge in [-0.05, 0) is 23.6 Å². The summed E-state index contributed by atoms with van der Waals surface area (Å²) in [5.41, 5.74) is 0.160. The van der Waals surface area contributed by atoms with E-state index in [-0.39, 0.29) is 5.69 Å². The van der Waals surface area contributed by atoms with Gasteiger partial charge in [-0.25, -0.2) is 0 Å². The molecule has 106 valence electrons. The first-order valence-electron chi connectivity index (χ1n) is 6.31. The van der Waals surface area contributed by atoms with Crippen molar-refractivity contribution < 1.29 is 13.2 Å². The average Bonchev–Trinajstić information content (AvgIpc) is 2.38. The fourth-order valence-electron chi connectivity index (χ4n) is 2.00. The van der Waals surface area contributed by atoms with Gasteiger partial charge in [0.05, 0.1) is 5.56 Å². The lowest BCUT2D eigenvalue weighted by molar-refractivity contribution is -0.137. The standard InChI is InChI=1S/C15H14F3NO/c1-2-3-10-4-6-11(7-5-10)13-8-12(15(16,17)18)9-14(20)19-13/h4-9H,2-3H2,1H3,(H,19,20). The number of benzene rings is 1. The molecule has 0 spiro atoms. The maximum atomic E-state index is 12.7. The summed E-state index contributed by atoms with van der Waals surface area (Å²) in [5, 5.41) is 0. The third-order valence-electron chi connectivity index (χ3n) is 2.98. The number of aryl methyl sites for hydroxylation is 1. The second-order valence-electron chi connectivity index (χ2n) is 4.59. The van der Waals surface area contributed by atoms with Gasteiger partial charge in [-0.3, -0.25) is 4.79 Å². The third kappa shape index (κ3) is 3.29. The van der Waals surface area contributed by atoms with E-state index in [2.05, 4.69) is 11.9 Å². The maximum Gasteiger partial charge on any atom is 0.416 e. The molecule has 0 unspecified atom stereocenters. The molecule has 0 fully saturated rings. The highest BCUT2D eigenvalue weighted by Crippen LogP contribution is 2.30. The summed E-state index contributed by atoms with van der Waals surface area (Å²) < 4.78 is 38.0. The van der Waals surface area contributed by atoms with Crippen molar-refractivity contribution in [1.82, 2.24) is 4.98 Å². The number of pyridine rings is 1. The van der Waals surface area contributed by atoms with E-state index in [0.717, 1.165) is 24.5 Å². The zero-order valence-corrected chi connectivity index (χ0v) is 10.9. The van der Waals surface area contributed by atoms with Crippen LogP contribution in [-0.2, 0) is 12.6 Å². The normalized spacial score (nSPS) is 11.6. The second-order valence-corrected chi connectivity index (χ2v) is 4.59. The van der Waals surface area contributed by atoms with E-state index in [4.69, 9.17) is 0 Å². The predicted molar refractivity (Wildman–Crippen MR) is 71.5 cm³/mol. The number of aromatic amines is 1. The summed E-state index contributed by atoms with van der Waals surface area (Å²) in [5.74, 6) is 0. The highest BCUT2D eigenvalue weighted by Gasteiger charge is 2.31. The van der Waals surface area contributed by atoms with Crippen LogP contribution in [0.3, 0.4) is 0 Å². The van der Waals surface area contributed by atoms with Crippen LogP contribution < -0.4 is 5.56 Å². The van der Waals surface area contributed by atoms with E-state index >= 15 is 0 Å². The first-order chi connectivity index (χ1) is 9.40. The van der Waals surface area contributed by atoms with Gasteiger partial charge >= 0.3 is 6.18 Å². The molecule has 0 aliphatic carbocycles. The van der Waals surface area contributed by atoms with Crippen LogP contribution in [0.2, 0.25) is 0 Å². The van der Waals surface area contributed by atoms with E-state index in [0.29, 0.717) is 11.6 Å². The molecule has 0 saturated heterocycles. The van der Waals surface area contributed by atoms with Gasteiger partial charge in [0.15, 0.2) is 0 Å². The Kier molecular flexibility index (Phi) is 3.97. The minimum absolute atomic E-state index is 0.174. The molecule has 1 aromatic heterocycles. The molecule has 0 amide bonds. The van der Waals surface area contributed by atoms with Crippen molar-refractivity contribution in [3.8, 4) is 11.3 Å². The van der Waals surface area contributed by atoms with Crippen molar-refractivity contribution in [1.29, 1.82) is 0 Å². The Labute approximate surface area is 114 Å². The lowest BCUT2D eigenvalue weighted by Crippen LogP contribution is -2.13. The van der Waals surface area contributed by atoms with Crippen LogP contribution in [0.25, 0.3) is 11.3 Å². The summed E-state index contributed by atoms with van der Waals surface area (Å²) in [6.07, 6.45) is -2.61. The molecule has 0 aliphatic rings. The molecule has 1 heterocycles. The zero-order valence-electron chi connectivity index (χ0n) is 10.9. The van der Waals surface area contributed by atoms with E-state index < -0.39 is 17.3 Å². The van der Waals surface area contributed by atoms with Gasteiger partial charge in [0.25, 0.3) is 0 Å². The van der Waals surface area contributed by atoms with Crippen LogP contribution in [0.1, 0.15) is 24.5 Å². The van der Waals surface area contributed by atoms with E-state index in [1.165, 1.54) is 0 Å². The van der Waals surface area contributed by atoms with Crippen LogP contribution in [-0.4, -0.2) is 4.98 Å². The lowest BCUT2D eigenvalue weighted by atomic mass is 10.0. The van der Waals surface area contributed by atoms with Crippen molar-refractivity contribution in [3.63, 3.8) is 0 Å². The quantitative estimate of drug-likeness (QED) is 0.905. The fraction of sp³-hybridized carbons (Fsp3) is 0.267. The first kappa shape index (κ1) is 14.4. The summed E-state index contributed by atoms with van der Waals surface area (Å²) in [6, 6.07) is 8.67. The number of H-pyrrole nitrogens is 1. The SMILES string of the molecule is CCCc1ccc(-c2cc(C(F)(F)F)cc(=O)[nH]2)cc1. The molecular weight excluding hydrogens is 267 g/mol. The number of nitrogens with one attached hydrogen (secondary N) is 1. The summed E-state index contributed by atoms with van der Waals surface area (Å²) in [7, 11) is 0. The van der Waals surface area contributed by atoms with Crippen LogP contribution in [0.15, 0.2) is 41.2 Å². The Morgan fingerprint density at radius 3 is 2.30 bits per heavy atom. The molecule has 0 atom stereocenters. The topological polar surface area (TPSA) is 32.9 Å². The van der Waals surface area contributed by atoms with Gasteiger partial charge in [0.1, 0.15) is 0 Å². The van der Waals surface area contributed by atoms with Crippen LogP contribution in [0, 0.1) is 0 Å². The highest BCUT2D eigenvalue weighted by molar-refractivity contribution is 5.60. The molecule has 0 saturated carbocycles. The molecule has 2 aromatic rings. The van der Waals surface area contributed by atoms with Gasteiger partial charge in [0, 0.05) is 11.8 Å². The molecule has 0 bridgehead atoms. The van der Waals surface area contributed by atoms with Crippen LogP contribution in [0.5, 0.6) is 0 Å². The molecule has 5 heteroatoms. The average molecular weight is 281 g/mol. The lowest BCUT2D eigenvalue weighted by Gasteiger charge is -2.09. The smallest absolute Gasteiger partial charge is 0.322 e. The van der Waals surface area contributed by atoms with Gasteiger partial charge in [-0.2, -0.15) is 13.2 Å². The Morgan fingerprint density at radius 1 is 1.10 bits per heavy atom. The number of halogens is 3. The van der Waals surface area contributed by atoms with Gasteiger partial charge in [0.2, 0.25) is 5.56 Å². The number of rotatable bonds is 3. The predicted octanol–water partition coefficient (Wildman–Crippen LogP) is 4.01. The minimum atomic E-state index is -4.52. The summed E-state index contributed by atoms with van der Waals surface area (Å²) in [6.45, 7) is 2.05. The monoisotopic (exact) mass is 281 g/mol. The van der Waals surface area contributed by atoms with Gasteiger partial charge in [-0.15, -0.1) is 0 Å². The molecular formula is C15H14F3NO. The first-order valence-corrected chi connectivity index (χ1v) is 6.31. The Bertz CT molecular complexity index is 641. The van der Waals surface area contributed by atoms with Crippen molar-refractivity contribution in [2.45, 2.75) is 25.9 Å². The molecule has 0 aliphatic heterocycles. The van der Waals surface area contributed by atoms with E-state index in [1.807, 2.05) is 12.1 Å². The van der Waals surface area contributed by atoms with Crippen LogP contribution >= 0.6 is 0 Å². The highest BCUT2D eigenvalue weighted by atomic mass is 19.4. The molecule has 0 radical (unpaired) electrons. The van der Waals surface area contributed by atoms with Crippen molar-refractivity contribution in [2.24, 2.45) is 0 Å². The molecule has 1 aromatic carbocycles. The molecule has 2 nitrogen and oxygen atoms in total. The molecule has 20 heavy (non-hydrogen) atoms. The summed E-state index contributed by atoms with van der Waals surface area (Å²) >= 11 is 0. The van der Waals surface area contributed by atoms with Gasteiger partial charge < -0.3 is 4.98 Å². The molecule has 2 rings (SSSR count). The third-order valence-corrected chi connectivity index (χ3v) is 2.98. The number of aromatic nitrogens is 1. The second kappa shape index (κ2) is 5.53. The number of hydrogen-bond donors (Lipinski definition) is 1. The number of hydrogen-bond acceptors (Lipinski definition) is 1. The molecule has 1 N–H and O–H groups in total. The Balaban J connectivity index is 2.42. The maximum absolute atomic E-state index is 12.7. The fourth-order valence-corrected chi connectivity index (χ4v) is 2.00. The minimum Gasteiger partial charge on any atom is -0.322 e. The van der Waals surface area contributed by atoms with Gasteiger partial charge in [-0.1, -0.05) is 37.6 Å². The summed E-state index contributed by atoms with van der Waals surface area (Å²) in [4.78, 5) is 13.8. The van der Waals surface area contributed by atoms with Crippen molar-refractivity contribution >= 4 is 0 Å². The Morgan fingerprint density at radius 2 is 1.75 bits per heavy atom. The van der Waals surface area contributed by atoms with Crippen molar-refractivity contribution in [3.05, 3.63) is 57.9 Å².